The number of nitrogen functional groups attached to an aromatic ring is 1. The lowest BCUT2D eigenvalue weighted by Gasteiger charge is -2.31. The van der Waals surface area contributed by atoms with E-state index in [0.29, 0.717) is 45.8 Å². The number of methoxy groups -OCH3 is 2. The van der Waals surface area contributed by atoms with Gasteiger partial charge in [0.1, 0.15) is 18.2 Å². The van der Waals surface area contributed by atoms with Crippen LogP contribution in [-0.4, -0.2) is 102 Å². The van der Waals surface area contributed by atoms with Crippen LogP contribution in [0.2, 0.25) is 0 Å². The third-order valence-corrected chi connectivity index (χ3v) is 9.98. The molecule has 0 bridgehead atoms. The predicted molar refractivity (Wildman–Crippen MR) is 193 cm³/mol. The first-order chi connectivity index (χ1) is 24.3. The number of aromatic nitrogens is 4. The summed E-state index contributed by atoms with van der Waals surface area (Å²) < 4.78 is 83.2. The van der Waals surface area contributed by atoms with Crippen LogP contribution in [0.15, 0.2) is 73.3 Å². The zero-order valence-corrected chi connectivity index (χ0v) is 29.3. The molecule has 51 heavy (non-hydrogen) atoms. The van der Waals surface area contributed by atoms with Crippen LogP contribution in [0.1, 0.15) is 5.56 Å². The summed E-state index contributed by atoms with van der Waals surface area (Å²) in [4.78, 5) is 18.3. The summed E-state index contributed by atoms with van der Waals surface area (Å²) in [6, 6.07) is 14.2. The van der Waals surface area contributed by atoms with Crippen LogP contribution in [0.3, 0.4) is 0 Å². The van der Waals surface area contributed by atoms with Gasteiger partial charge in [-0.3, -0.25) is 24.0 Å². The topological polar surface area (TPSA) is 220 Å². The molecule has 6 rings (SSSR count). The van der Waals surface area contributed by atoms with Gasteiger partial charge in [0.05, 0.1) is 43.1 Å². The van der Waals surface area contributed by atoms with Crippen molar-refractivity contribution in [3.63, 3.8) is 0 Å². The van der Waals surface area contributed by atoms with E-state index in [1.807, 2.05) is 42.6 Å². The van der Waals surface area contributed by atoms with E-state index in [1.165, 1.54) is 6.20 Å². The largest absolute Gasteiger partial charge is 0.493 e. The second-order valence-corrected chi connectivity index (χ2v) is 15.0. The van der Waals surface area contributed by atoms with Gasteiger partial charge < -0.3 is 24.9 Å². The number of anilines is 1. The molecular weight excluding hydrogens is 701 g/mol. The first-order valence-electron chi connectivity index (χ1n) is 15.7. The van der Waals surface area contributed by atoms with Crippen molar-refractivity contribution in [2.24, 2.45) is 0 Å². The Balaban J connectivity index is 1.33. The summed E-state index contributed by atoms with van der Waals surface area (Å²) in [6.45, 7) is -0.474. The lowest BCUT2D eigenvalue weighted by atomic mass is 10.0. The number of hydrogen-bond acceptors (Lipinski definition) is 12. The lowest BCUT2D eigenvalue weighted by molar-refractivity contribution is 0.145. The summed E-state index contributed by atoms with van der Waals surface area (Å²) in [5, 5.41) is 3.13. The van der Waals surface area contributed by atoms with Gasteiger partial charge in [0.25, 0.3) is 20.2 Å². The number of ether oxygens (including phenoxy) is 3. The second kappa shape index (κ2) is 14.7. The van der Waals surface area contributed by atoms with E-state index in [0.717, 1.165) is 27.2 Å². The highest BCUT2D eigenvalue weighted by atomic mass is 32.2. The van der Waals surface area contributed by atoms with Crippen LogP contribution in [0.4, 0.5) is 5.82 Å². The van der Waals surface area contributed by atoms with Crippen molar-refractivity contribution in [2.75, 3.05) is 51.2 Å². The molecule has 4 aromatic heterocycles. The molecule has 0 spiro atoms. The van der Waals surface area contributed by atoms with Crippen LogP contribution in [0, 0.1) is 0 Å². The number of pyridine rings is 3. The minimum Gasteiger partial charge on any atom is -0.493 e. The molecule has 0 amide bonds. The summed E-state index contributed by atoms with van der Waals surface area (Å²) in [7, 11) is -5.69. The minimum atomic E-state index is -4.39. The summed E-state index contributed by atoms with van der Waals surface area (Å²) in [6.07, 6.45) is 6.91. The molecular formula is C34H36N6O9S2. The molecule has 5 N–H and O–H groups in total. The zero-order valence-electron chi connectivity index (χ0n) is 27.7. The fourth-order valence-corrected chi connectivity index (χ4v) is 6.96. The van der Waals surface area contributed by atoms with E-state index in [2.05, 4.69) is 19.9 Å². The maximum absolute atomic E-state index is 11.7. The molecule has 6 aromatic rings. The standard InChI is InChI=1S/C34H36N6O9S2/c1-47-32-14-27-26-13-30(39-34(35)28(26)19-38-31(27)15-33(32)48-2)22-12-24(18-36-16-22)49-20-23(11-21-17-37-29-6-4-3-5-25(21)29)40(7-9-50(41,42)43)8-10-51(44,45)46/h3-6,12-19,23,37H,7-11,20H2,1-2H3,(H2,35,39)(H,41,42,43)(H,44,45,46). The molecule has 1 atom stereocenters. The molecule has 4 heterocycles. The number of aromatic amines is 1. The van der Waals surface area contributed by atoms with Crippen LogP contribution in [0.25, 0.3) is 43.8 Å². The second-order valence-electron chi connectivity index (χ2n) is 11.9. The van der Waals surface area contributed by atoms with E-state index in [9.17, 15) is 25.9 Å². The van der Waals surface area contributed by atoms with Crippen molar-refractivity contribution in [2.45, 2.75) is 12.5 Å². The van der Waals surface area contributed by atoms with E-state index < -0.39 is 37.8 Å². The Kier molecular flexibility index (Phi) is 10.3. The molecule has 0 aliphatic carbocycles. The number of H-pyrrole nitrogens is 1. The Morgan fingerprint density at radius 3 is 2.27 bits per heavy atom. The Bertz CT molecular complexity index is 2400. The van der Waals surface area contributed by atoms with Gasteiger partial charge in [-0.05, 0) is 41.6 Å². The van der Waals surface area contributed by atoms with Crippen molar-refractivity contribution in [1.82, 2.24) is 24.8 Å². The number of benzene rings is 2. The van der Waals surface area contributed by atoms with E-state index in [1.54, 1.807) is 43.6 Å². The van der Waals surface area contributed by atoms with Gasteiger partial charge in [0, 0.05) is 71.0 Å². The number of fused-ring (bicyclic) bond motifs is 4. The summed E-state index contributed by atoms with van der Waals surface area (Å²) in [5.41, 5.74) is 9.95. The van der Waals surface area contributed by atoms with Crippen molar-refractivity contribution >= 4 is 58.6 Å². The normalized spacial score (nSPS) is 12.9. The zero-order chi connectivity index (χ0) is 36.3. The van der Waals surface area contributed by atoms with Gasteiger partial charge >= 0.3 is 0 Å². The van der Waals surface area contributed by atoms with Crippen molar-refractivity contribution in [3.8, 4) is 28.5 Å². The average Bonchev–Trinajstić information content (AvgIpc) is 3.51. The van der Waals surface area contributed by atoms with Crippen LogP contribution in [-0.2, 0) is 26.7 Å². The van der Waals surface area contributed by atoms with E-state index in [-0.39, 0.29) is 25.5 Å². The number of para-hydroxylation sites is 1. The van der Waals surface area contributed by atoms with E-state index >= 15 is 0 Å². The lowest BCUT2D eigenvalue weighted by Crippen LogP contribution is -2.45. The van der Waals surface area contributed by atoms with Gasteiger partial charge in [-0.2, -0.15) is 16.8 Å². The highest BCUT2D eigenvalue weighted by Gasteiger charge is 2.25. The monoisotopic (exact) mass is 736 g/mol. The smallest absolute Gasteiger partial charge is 0.266 e. The van der Waals surface area contributed by atoms with Crippen LogP contribution in [0.5, 0.6) is 17.2 Å². The van der Waals surface area contributed by atoms with Gasteiger partial charge in [-0.25, -0.2) is 4.98 Å². The summed E-state index contributed by atoms with van der Waals surface area (Å²) in [5.74, 6) is 0.358. The molecule has 0 aliphatic rings. The quantitative estimate of drug-likeness (QED) is 0.0865. The maximum atomic E-state index is 11.7. The van der Waals surface area contributed by atoms with Crippen molar-refractivity contribution in [3.05, 3.63) is 78.9 Å². The Labute approximate surface area is 293 Å². The van der Waals surface area contributed by atoms with Crippen molar-refractivity contribution in [1.29, 1.82) is 0 Å². The number of nitrogens with zero attached hydrogens (tertiary/aromatic N) is 4. The highest BCUT2D eigenvalue weighted by Crippen LogP contribution is 2.37. The van der Waals surface area contributed by atoms with Gasteiger partial charge in [0.15, 0.2) is 11.5 Å². The average molecular weight is 737 g/mol. The predicted octanol–water partition coefficient (Wildman–Crippen LogP) is 3.99. The molecule has 17 heteroatoms. The Morgan fingerprint density at radius 1 is 0.863 bits per heavy atom. The fourth-order valence-electron chi connectivity index (χ4n) is 6.03. The molecule has 268 valence electrons. The fraction of sp³-hybridized carbons (Fsp3) is 0.265. The maximum Gasteiger partial charge on any atom is 0.266 e. The third kappa shape index (κ3) is 8.46. The van der Waals surface area contributed by atoms with Gasteiger partial charge in [0.2, 0.25) is 0 Å². The van der Waals surface area contributed by atoms with Crippen LogP contribution >= 0.6 is 0 Å². The van der Waals surface area contributed by atoms with Crippen LogP contribution < -0.4 is 19.9 Å². The molecule has 0 radical (unpaired) electrons. The first kappa shape index (κ1) is 35.7. The van der Waals surface area contributed by atoms with Gasteiger partial charge in [-0.15, -0.1) is 0 Å². The molecule has 2 aromatic carbocycles. The Morgan fingerprint density at radius 2 is 1.57 bits per heavy atom. The molecule has 1 unspecified atom stereocenters. The SMILES string of the molecule is COc1cc2ncc3c(N)nc(-c4cncc(OCC(Cc5c[nH]c6ccccc56)N(CCS(=O)(=O)O)CCS(=O)(=O)O)c4)cc3c2cc1OC. The molecule has 0 fully saturated rings. The minimum absolute atomic E-state index is 0.0349. The first-order valence-corrected chi connectivity index (χ1v) is 18.9. The third-order valence-electron chi connectivity index (χ3n) is 8.58. The number of hydrogen-bond donors (Lipinski definition) is 4. The Hall–Kier alpha value is -5.07. The highest BCUT2D eigenvalue weighted by molar-refractivity contribution is 7.86. The van der Waals surface area contributed by atoms with Crippen molar-refractivity contribution < 1.29 is 40.2 Å². The molecule has 15 nitrogen and oxygen atoms in total. The summed E-state index contributed by atoms with van der Waals surface area (Å²) >= 11 is 0. The molecule has 0 aliphatic heterocycles. The molecule has 0 saturated heterocycles. The van der Waals surface area contributed by atoms with E-state index in [4.69, 9.17) is 19.9 Å². The molecule has 0 saturated carbocycles. The number of rotatable bonds is 15. The number of nitrogens with two attached hydrogens (primary N) is 1. The van der Waals surface area contributed by atoms with Gasteiger partial charge in [-0.1, -0.05) is 18.2 Å². The number of nitrogens with one attached hydrogen (secondary N) is 1.